The Morgan fingerprint density at radius 1 is 0.906 bits per heavy atom. The molecule has 0 aliphatic rings. The van der Waals surface area contributed by atoms with E-state index >= 15 is 0 Å². The lowest BCUT2D eigenvalue weighted by Crippen LogP contribution is -2.58. The number of carbonyl (C=O) groups is 5. The normalized spacial score (nSPS) is 15.7. The Morgan fingerprint density at radius 3 is 1.88 bits per heavy atom. The number of nitrogens with one attached hydrogen (secondary N) is 3. The van der Waals surface area contributed by atoms with Gasteiger partial charge in [0.2, 0.25) is 17.7 Å². The summed E-state index contributed by atoms with van der Waals surface area (Å²) in [6.45, 7) is 7.20. The van der Waals surface area contributed by atoms with Gasteiger partial charge in [-0.1, -0.05) is 34.1 Å². The molecule has 0 radical (unpaired) electrons. The topological polar surface area (TPSA) is 188 Å². The maximum absolute atomic E-state index is 12.7. The fourth-order valence-corrected chi connectivity index (χ4v) is 3.09. The monoisotopic (exact) mass is 476 g/mol. The molecule has 32 heavy (non-hydrogen) atoms. The van der Waals surface area contributed by atoms with Crippen LogP contribution in [-0.2, 0) is 24.0 Å². The maximum atomic E-state index is 12.7. The lowest BCUT2D eigenvalue weighted by Gasteiger charge is -2.26. The van der Waals surface area contributed by atoms with Crippen LogP contribution in [0.5, 0.6) is 0 Å². The van der Waals surface area contributed by atoms with Gasteiger partial charge in [-0.15, -0.1) is 0 Å². The van der Waals surface area contributed by atoms with E-state index in [1.165, 1.54) is 0 Å². The summed E-state index contributed by atoms with van der Waals surface area (Å²) in [5, 5.41) is 25.6. The zero-order valence-corrected chi connectivity index (χ0v) is 19.9. The molecular formula is C20H36N4O7S. The van der Waals surface area contributed by atoms with Crippen LogP contribution < -0.4 is 21.7 Å². The number of carboxylic acids is 2. The molecule has 7 N–H and O–H groups in total. The van der Waals surface area contributed by atoms with Crippen LogP contribution in [0, 0.1) is 11.8 Å². The molecular weight excluding hydrogens is 440 g/mol. The first-order valence-electron chi connectivity index (χ1n) is 10.6. The Balaban J connectivity index is 5.37. The SMILES string of the molecule is CCC(C)C(NC(=O)C(CCC(=O)O)NC(=O)C(CS)NC(=O)C(N)CC(C)C)C(=O)O. The summed E-state index contributed by atoms with van der Waals surface area (Å²) in [5.41, 5.74) is 5.82. The van der Waals surface area contributed by atoms with Gasteiger partial charge in [0, 0.05) is 12.2 Å². The molecule has 5 unspecified atom stereocenters. The molecule has 5 atom stereocenters. The minimum atomic E-state index is -1.31. The van der Waals surface area contributed by atoms with Crippen LogP contribution in [0.1, 0.15) is 53.4 Å². The predicted octanol–water partition coefficient (Wildman–Crippen LogP) is -0.260. The van der Waals surface area contributed by atoms with Crippen LogP contribution >= 0.6 is 12.6 Å². The first-order valence-corrected chi connectivity index (χ1v) is 11.2. The summed E-state index contributed by atoms with van der Waals surface area (Å²) in [4.78, 5) is 60.1. The molecule has 0 fully saturated rings. The average Bonchev–Trinajstić information content (AvgIpc) is 2.70. The zero-order valence-electron chi connectivity index (χ0n) is 19.0. The van der Waals surface area contributed by atoms with E-state index in [0.29, 0.717) is 12.8 Å². The first-order chi connectivity index (χ1) is 14.8. The van der Waals surface area contributed by atoms with Gasteiger partial charge in [-0.05, 0) is 24.7 Å². The quantitative estimate of drug-likeness (QED) is 0.157. The van der Waals surface area contributed by atoms with E-state index in [4.69, 9.17) is 10.8 Å². The third-order valence-electron chi connectivity index (χ3n) is 4.93. The second kappa shape index (κ2) is 14.7. The van der Waals surface area contributed by atoms with E-state index in [0.717, 1.165) is 0 Å². The molecule has 0 saturated heterocycles. The number of rotatable bonds is 15. The van der Waals surface area contributed by atoms with Crippen LogP contribution in [0.3, 0.4) is 0 Å². The molecule has 12 heteroatoms. The molecule has 0 rings (SSSR count). The standard InChI is InChI=1S/C20H36N4O7S/c1-5-11(4)16(20(30)31)24-18(28)13(6-7-15(25)26)22-19(29)14(9-32)23-17(27)12(21)8-10(2)3/h10-14,16,32H,5-9,21H2,1-4H3,(H,22,29)(H,23,27)(H,24,28)(H,25,26)(H,30,31). The van der Waals surface area contributed by atoms with Crippen LogP contribution in [0.2, 0.25) is 0 Å². The van der Waals surface area contributed by atoms with E-state index in [9.17, 15) is 29.1 Å². The summed E-state index contributed by atoms with van der Waals surface area (Å²) < 4.78 is 0. The van der Waals surface area contributed by atoms with Crippen molar-refractivity contribution in [2.24, 2.45) is 17.6 Å². The Hall–Kier alpha value is -2.34. The molecule has 0 aromatic carbocycles. The summed E-state index contributed by atoms with van der Waals surface area (Å²) in [6, 6.07) is -4.46. The molecule has 0 aromatic rings. The van der Waals surface area contributed by atoms with E-state index in [-0.39, 0.29) is 24.0 Å². The summed E-state index contributed by atoms with van der Waals surface area (Å²) in [6.07, 6.45) is 0.187. The van der Waals surface area contributed by atoms with Crippen LogP contribution in [0.15, 0.2) is 0 Å². The van der Waals surface area contributed by atoms with Crippen molar-refractivity contribution in [3.8, 4) is 0 Å². The second-order valence-corrected chi connectivity index (χ2v) is 8.55. The van der Waals surface area contributed by atoms with Crippen molar-refractivity contribution < 1.29 is 34.2 Å². The Labute approximate surface area is 193 Å². The minimum Gasteiger partial charge on any atom is -0.481 e. The molecule has 0 aliphatic carbocycles. The maximum Gasteiger partial charge on any atom is 0.326 e. The van der Waals surface area contributed by atoms with Gasteiger partial charge in [-0.25, -0.2) is 4.79 Å². The molecule has 0 bridgehead atoms. The number of aliphatic carboxylic acids is 2. The molecule has 3 amide bonds. The van der Waals surface area contributed by atoms with E-state index in [1.54, 1.807) is 13.8 Å². The number of thiol groups is 1. The van der Waals surface area contributed by atoms with Crippen molar-refractivity contribution in [2.45, 2.75) is 77.5 Å². The smallest absolute Gasteiger partial charge is 0.326 e. The number of hydrogen-bond acceptors (Lipinski definition) is 7. The molecule has 184 valence electrons. The van der Waals surface area contributed by atoms with Crippen LogP contribution in [0.25, 0.3) is 0 Å². The van der Waals surface area contributed by atoms with Crippen molar-refractivity contribution >= 4 is 42.3 Å². The number of hydrogen-bond donors (Lipinski definition) is 7. The highest BCUT2D eigenvalue weighted by Gasteiger charge is 2.31. The van der Waals surface area contributed by atoms with Crippen molar-refractivity contribution in [3.63, 3.8) is 0 Å². The molecule has 0 saturated carbocycles. The van der Waals surface area contributed by atoms with E-state index < -0.39 is 60.2 Å². The highest BCUT2D eigenvalue weighted by Crippen LogP contribution is 2.10. The molecule has 0 aromatic heterocycles. The number of carboxylic acid groups (broad SMARTS) is 2. The van der Waals surface area contributed by atoms with Gasteiger partial charge in [0.25, 0.3) is 0 Å². The number of nitrogens with two attached hydrogens (primary N) is 1. The largest absolute Gasteiger partial charge is 0.481 e. The van der Waals surface area contributed by atoms with E-state index in [1.807, 2.05) is 13.8 Å². The van der Waals surface area contributed by atoms with Gasteiger partial charge in [-0.3, -0.25) is 19.2 Å². The molecule has 0 heterocycles. The molecule has 11 nitrogen and oxygen atoms in total. The Bertz CT molecular complexity index is 674. The second-order valence-electron chi connectivity index (χ2n) is 8.18. The van der Waals surface area contributed by atoms with Gasteiger partial charge in [0.15, 0.2) is 0 Å². The molecule has 0 aliphatic heterocycles. The lowest BCUT2D eigenvalue weighted by molar-refractivity contribution is -0.144. The highest BCUT2D eigenvalue weighted by atomic mass is 32.1. The molecule has 0 spiro atoms. The van der Waals surface area contributed by atoms with Crippen molar-refractivity contribution in [3.05, 3.63) is 0 Å². The average molecular weight is 477 g/mol. The van der Waals surface area contributed by atoms with Gasteiger partial charge in [0.05, 0.1) is 6.04 Å². The third kappa shape index (κ3) is 10.8. The Kier molecular flexibility index (Phi) is 13.6. The minimum absolute atomic E-state index is 0.0934. The van der Waals surface area contributed by atoms with Gasteiger partial charge in [0.1, 0.15) is 18.1 Å². The Morgan fingerprint density at radius 2 is 1.44 bits per heavy atom. The fourth-order valence-electron chi connectivity index (χ4n) is 2.83. The van der Waals surface area contributed by atoms with Gasteiger partial charge in [-0.2, -0.15) is 12.6 Å². The lowest BCUT2D eigenvalue weighted by atomic mass is 9.98. The number of amides is 3. The zero-order chi connectivity index (χ0) is 25.0. The highest BCUT2D eigenvalue weighted by molar-refractivity contribution is 7.80. The van der Waals surface area contributed by atoms with Crippen LogP contribution in [0.4, 0.5) is 0 Å². The summed E-state index contributed by atoms with van der Waals surface area (Å²) >= 11 is 4.06. The van der Waals surface area contributed by atoms with Crippen molar-refractivity contribution in [1.29, 1.82) is 0 Å². The predicted molar refractivity (Wildman–Crippen MR) is 121 cm³/mol. The van der Waals surface area contributed by atoms with Crippen LogP contribution in [-0.4, -0.2) is 69.8 Å². The van der Waals surface area contributed by atoms with E-state index in [2.05, 4.69) is 28.6 Å². The third-order valence-corrected chi connectivity index (χ3v) is 5.30. The van der Waals surface area contributed by atoms with Crippen molar-refractivity contribution in [2.75, 3.05) is 5.75 Å². The first kappa shape index (κ1) is 29.7. The summed E-state index contributed by atoms with van der Waals surface area (Å²) in [7, 11) is 0. The number of carbonyl (C=O) groups excluding carboxylic acids is 3. The van der Waals surface area contributed by atoms with Crippen molar-refractivity contribution in [1.82, 2.24) is 16.0 Å². The van der Waals surface area contributed by atoms with Gasteiger partial charge < -0.3 is 31.9 Å². The fraction of sp³-hybridized carbons (Fsp3) is 0.750. The van der Waals surface area contributed by atoms with Gasteiger partial charge >= 0.3 is 11.9 Å². The summed E-state index contributed by atoms with van der Waals surface area (Å²) in [5.74, 6) is -4.89.